The van der Waals surface area contributed by atoms with Crippen LogP contribution < -0.4 is 0 Å². The smallest absolute Gasteiger partial charge is 0.293 e. The Labute approximate surface area is 65.5 Å². The quantitative estimate of drug-likeness (QED) is 0.441. The number of carbonyl (C=O) groups excluding carboxylic acids is 3. The lowest BCUT2D eigenvalue weighted by molar-refractivity contribution is -0.131. The molecule has 0 rings (SSSR count). The van der Waals surface area contributed by atoms with Gasteiger partial charge in [-0.05, 0) is 13.8 Å². The minimum Gasteiger partial charge on any atom is -0.465 e. The zero-order chi connectivity index (χ0) is 9.28. The summed E-state index contributed by atoms with van der Waals surface area (Å²) in [5, 5.41) is 0. The highest BCUT2D eigenvalue weighted by atomic mass is 16.5. The van der Waals surface area contributed by atoms with Crippen molar-refractivity contribution in [2.75, 3.05) is 0 Å². The van der Waals surface area contributed by atoms with E-state index in [4.69, 9.17) is 4.79 Å². The molecule has 0 N–H and O–H groups in total. The van der Waals surface area contributed by atoms with Crippen LogP contribution >= 0.6 is 0 Å². The monoisotopic (exact) mass is 160 g/mol. The van der Waals surface area contributed by atoms with Crippen molar-refractivity contribution in [2.24, 2.45) is 0 Å². The van der Waals surface area contributed by atoms with Crippen LogP contribution in [0.2, 0.25) is 0 Å². The molecule has 0 amide bonds. The molecule has 0 aromatic rings. The molecular formula is C7H12O4. The number of hydrogen-bond donors (Lipinski definition) is 0. The van der Waals surface area contributed by atoms with Crippen LogP contribution in [0.4, 0.5) is 0 Å². The van der Waals surface area contributed by atoms with Gasteiger partial charge in [0.15, 0.2) is 12.1 Å². The zero-order valence-corrected chi connectivity index (χ0v) is 6.87. The lowest BCUT2D eigenvalue weighted by atomic mass is 10.5. The second-order valence-corrected chi connectivity index (χ2v) is 2.01. The van der Waals surface area contributed by atoms with Crippen LogP contribution in [-0.2, 0) is 19.1 Å². The van der Waals surface area contributed by atoms with Crippen LogP contribution in [0.15, 0.2) is 0 Å². The number of ketones is 1. The Hall–Kier alpha value is -1.19. The van der Waals surface area contributed by atoms with Gasteiger partial charge in [-0.2, -0.15) is 0 Å². The fourth-order valence-electron chi connectivity index (χ4n) is 0.111. The van der Waals surface area contributed by atoms with Crippen molar-refractivity contribution in [1.82, 2.24) is 0 Å². The molecule has 4 heteroatoms. The van der Waals surface area contributed by atoms with Gasteiger partial charge in [0.05, 0.1) is 6.10 Å². The second-order valence-electron chi connectivity index (χ2n) is 2.01. The van der Waals surface area contributed by atoms with Gasteiger partial charge in [0.25, 0.3) is 6.47 Å². The van der Waals surface area contributed by atoms with Gasteiger partial charge in [-0.1, -0.05) is 0 Å². The van der Waals surface area contributed by atoms with Gasteiger partial charge in [0.2, 0.25) is 0 Å². The van der Waals surface area contributed by atoms with Gasteiger partial charge < -0.3 is 4.74 Å². The molecule has 0 saturated heterocycles. The van der Waals surface area contributed by atoms with Crippen LogP contribution in [0.3, 0.4) is 0 Å². The van der Waals surface area contributed by atoms with Crippen molar-refractivity contribution in [1.29, 1.82) is 0 Å². The summed E-state index contributed by atoms with van der Waals surface area (Å²) in [5.74, 6) is -0.426. The molecule has 0 radical (unpaired) electrons. The van der Waals surface area contributed by atoms with Gasteiger partial charge in [-0.15, -0.1) is 0 Å². The molecule has 0 fully saturated rings. The van der Waals surface area contributed by atoms with Crippen LogP contribution in [-0.4, -0.2) is 24.6 Å². The normalized spacial score (nSPS) is 7.64. The van der Waals surface area contributed by atoms with Crippen molar-refractivity contribution >= 4 is 18.5 Å². The molecule has 0 atom stereocenters. The van der Waals surface area contributed by atoms with E-state index in [0.29, 0.717) is 6.47 Å². The van der Waals surface area contributed by atoms with Crippen molar-refractivity contribution in [3.63, 3.8) is 0 Å². The first kappa shape index (κ1) is 12.5. The summed E-state index contributed by atoms with van der Waals surface area (Å²) in [6.45, 7) is 5.26. The lowest BCUT2D eigenvalue weighted by Crippen LogP contribution is -1.98. The number of carbonyl (C=O) groups is 3. The van der Waals surface area contributed by atoms with Crippen molar-refractivity contribution in [2.45, 2.75) is 26.9 Å². The Morgan fingerprint density at radius 2 is 1.73 bits per heavy atom. The highest BCUT2D eigenvalue weighted by Gasteiger charge is 1.83. The van der Waals surface area contributed by atoms with Crippen LogP contribution in [0, 0.1) is 0 Å². The fourth-order valence-corrected chi connectivity index (χ4v) is 0.111. The number of hydrogen-bond acceptors (Lipinski definition) is 4. The Morgan fingerprint density at radius 3 is 1.73 bits per heavy atom. The van der Waals surface area contributed by atoms with Crippen LogP contribution in [0.5, 0.6) is 0 Å². The molecule has 0 aromatic heterocycles. The summed E-state index contributed by atoms with van der Waals surface area (Å²) in [6.07, 6.45) is 0.308. The maximum atomic E-state index is 9.44. The molecule has 11 heavy (non-hydrogen) atoms. The highest BCUT2D eigenvalue weighted by molar-refractivity contribution is 6.23. The summed E-state index contributed by atoms with van der Waals surface area (Å²) in [5.41, 5.74) is 0. The van der Waals surface area contributed by atoms with E-state index in [9.17, 15) is 9.59 Å². The number of ether oxygens (including phenoxy) is 1. The molecule has 0 aliphatic carbocycles. The predicted molar refractivity (Wildman–Crippen MR) is 39.0 cm³/mol. The maximum Gasteiger partial charge on any atom is 0.293 e. The molecular weight excluding hydrogens is 148 g/mol. The Kier molecular flexibility index (Phi) is 10.00. The lowest BCUT2D eigenvalue weighted by Gasteiger charge is -1.96. The third-order valence-corrected chi connectivity index (χ3v) is 0.494. The molecule has 64 valence electrons. The predicted octanol–water partition coefficient (Wildman–Crippen LogP) is 0.342. The Bertz CT molecular complexity index is 128. The molecule has 0 spiro atoms. The van der Waals surface area contributed by atoms with Gasteiger partial charge >= 0.3 is 0 Å². The molecule has 0 heterocycles. The number of aldehydes is 1. The minimum absolute atomic E-state index is 0.0301. The Balaban J connectivity index is 0. The molecule has 0 bridgehead atoms. The topological polar surface area (TPSA) is 60.4 Å². The zero-order valence-electron chi connectivity index (χ0n) is 6.87. The summed E-state index contributed by atoms with van der Waals surface area (Å²) in [6, 6.07) is 0. The molecule has 0 aromatic carbocycles. The Morgan fingerprint density at radius 1 is 1.36 bits per heavy atom. The van der Waals surface area contributed by atoms with Crippen LogP contribution in [0.25, 0.3) is 0 Å². The van der Waals surface area contributed by atoms with Crippen molar-refractivity contribution in [3.05, 3.63) is 0 Å². The minimum atomic E-state index is -0.426. The third-order valence-electron chi connectivity index (χ3n) is 0.494. The summed E-state index contributed by atoms with van der Waals surface area (Å²) >= 11 is 0. The van der Waals surface area contributed by atoms with E-state index in [0.717, 1.165) is 0 Å². The number of Topliss-reactive ketones (excluding diaryl/α,β-unsaturated/α-hetero) is 1. The van der Waals surface area contributed by atoms with Gasteiger partial charge in [-0.3, -0.25) is 14.4 Å². The molecule has 4 nitrogen and oxygen atoms in total. The van der Waals surface area contributed by atoms with Crippen molar-refractivity contribution < 1.29 is 19.1 Å². The number of rotatable bonds is 3. The fraction of sp³-hybridized carbons (Fsp3) is 0.571. The summed E-state index contributed by atoms with van der Waals surface area (Å²) in [7, 11) is 0. The standard InChI is InChI=1S/C4H8O2.C3H4O2/c1-4(2)6-3-5;1-3(5)2-4/h3-4H,1-2H3;2H,1H3. The van der Waals surface area contributed by atoms with E-state index in [1.807, 2.05) is 0 Å². The van der Waals surface area contributed by atoms with E-state index in [1.165, 1.54) is 6.92 Å². The summed E-state index contributed by atoms with van der Waals surface area (Å²) < 4.78 is 4.36. The molecule has 0 aliphatic rings. The van der Waals surface area contributed by atoms with Crippen molar-refractivity contribution in [3.8, 4) is 0 Å². The van der Waals surface area contributed by atoms with Gasteiger partial charge in [0, 0.05) is 6.92 Å². The molecule has 0 unspecified atom stereocenters. The first-order valence-corrected chi connectivity index (χ1v) is 3.09. The summed E-state index contributed by atoms with van der Waals surface area (Å²) in [4.78, 5) is 28.0. The van der Waals surface area contributed by atoms with E-state index >= 15 is 0 Å². The maximum absolute atomic E-state index is 9.44. The average Bonchev–Trinajstić information content (AvgIpc) is 1.89. The van der Waals surface area contributed by atoms with E-state index in [-0.39, 0.29) is 12.4 Å². The molecule has 0 aliphatic heterocycles. The third kappa shape index (κ3) is 28.1. The SMILES string of the molecule is CC(=O)C=O.CC(C)OC=O. The van der Waals surface area contributed by atoms with Gasteiger partial charge in [0.1, 0.15) is 0 Å². The largest absolute Gasteiger partial charge is 0.465 e. The van der Waals surface area contributed by atoms with E-state index in [1.54, 1.807) is 13.8 Å². The average molecular weight is 160 g/mol. The van der Waals surface area contributed by atoms with E-state index in [2.05, 4.69) is 4.74 Å². The second kappa shape index (κ2) is 8.81. The first-order valence-electron chi connectivity index (χ1n) is 3.09. The van der Waals surface area contributed by atoms with Gasteiger partial charge in [-0.25, -0.2) is 0 Å². The molecule has 0 saturated carbocycles. The highest BCUT2D eigenvalue weighted by Crippen LogP contribution is 1.79. The van der Waals surface area contributed by atoms with Crippen LogP contribution in [0.1, 0.15) is 20.8 Å². The first-order chi connectivity index (χ1) is 5.04. The van der Waals surface area contributed by atoms with E-state index < -0.39 is 5.78 Å².